The number of nitrogens with zero attached hydrogens (tertiary/aromatic N) is 1. The van der Waals surface area contributed by atoms with Gasteiger partial charge in [-0.05, 0) is 62.4 Å². The Balaban J connectivity index is 2.58. The highest BCUT2D eigenvalue weighted by Crippen LogP contribution is 2.42. The lowest BCUT2D eigenvalue weighted by atomic mass is 9.69. The molecule has 0 aliphatic heterocycles. The van der Waals surface area contributed by atoms with Gasteiger partial charge in [-0.25, -0.2) is 0 Å². The van der Waals surface area contributed by atoms with Crippen molar-refractivity contribution in [2.75, 3.05) is 13.1 Å². The average Bonchev–Trinajstić information content (AvgIpc) is 2.52. The van der Waals surface area contributed by atoms with E-state index in [9.17, 15) is 0 Å². The van der Waals surface area contributed by atoms with Gasteiger partial charge in [0.2, 0.25) is 0 Å². The van der Waals surface area contributed by atoms with Crippen LogP contribution in [0.3, 0.4) is 0 Å². The molecule has 0 bridgehead atoms. The second-order valence-corrected chi connectivity index (χ2v) is 6.77. The Morgan fingerprint density at radius 2 is 2.05 bits per heavy atom. The Labute approximate surface area is 136 Å². The highest BCUT2D eigenvalue weighted by atomic mass is 14.7. The van der Waals surface area contributed by atoms with Crippen LogP contribution >= 0.6 is 0 Å². The molecule has 0 saturated heterocycles. The van der Waals surface area contributed by atoms with Crippen LogP contribution in [0.1, 0.15) is 52.4 Å². The van der Waals surface area contributed by atoms with Crippen molar-refractivity contribution in [1.82, 2.24) is 0 Å². The van der Waals surface area contributed by atoms with Gasteiger partial charge in [-0.15, -0.1) is 6.58 Å². The third-order valence-corrected chi connectivity index (χ3v) is 4.80. The lowest BCUT2D eigenvalue weighted by Crippen LogP contribution is -2.23. The molecule has 1 fully saturated rings. The molecule has 1 aliphatic carbocycles. The van der Waals surface area contributed by atoms with E-state index in [4.69, 9.17) is 11.5 Å². The van der Waals surface area contributed by atoms with Crippen molar-refractivity contribution in [1.29, 1.82) is 0 Å². The molecule has 0 aromatic rings. The highest BCUT2D eigenvalue weighted by Gasteiger charge is 2.29. The number of rotatable bonds is 8. The first kappa shape index (κ1) is 18.7. The van der Waals surface area contributed by atoms with Crippen molar-refractivity contribution in [3.63, 3.8) is 0 Å². The van der Waals surface area contributed by atoms with Crippen molar-refractivity contribution < 1.29 is 0 Å². The smallest absolute Gasteiger partial charge is 0.0512 e. The first-order valence-corrected chi connectivity index (χ1v) is 8.46. The van der Waals surface area contributed by atoms with Gasteiger partial charge in [0.05, 0.1) is 6.54 Å². The second kappa shape index (κ2) is 9.62. The molecule has 0 atom stereocenters. The maximum absolute atomic E-state index is 5.72. The molecule has 1 saturated carbocycles. The molecule has 3 nitrogen and oxygen atoms in total. The first-order chi connectivity index (χ1) is 10.5. The van der Waals surface area contributed by atoms with Crippen LogP contribution in [0, 0.1) is 11.3 Å². The summed E-state index contributed by atoms with van der Waals surface area (Å²) in [4.78, 5) is 4.28. The van der Waals surface area contributed by atoms with E-state index in [1.54, 1.807) is 6.20 Å². The monoisotopic (exact) mass is 303 g/mol. The molecule has 3 heteroatoms. The summed E-state index contributed by atoms with van der Waals surface area (Å²) in [5, 5.41) is 0. The fourth-order valence-corrected chi connectivity index (χ4v) is 3.17. The predicted molar refractivity (Wildman–Crippen MR) is 97.9 cm³/mol. The molecule has 1 aliphatic rings. The van der Waals surface area contributed by atoms with Gasteiger partial charge in [0.1, 0.15) is 0 Å². The Morgan fingerprint density at radius 1 is 1.36 bits per heavy atom. The Bertz CT molecular complexity index is 424. The van der Waals surface area contributed by atoms with Crippen LogP contribution < -0.4 is 11.5 Å². The van der Waals surface area contributed by atoms with Gasteiger partial charge in [-0.3, -0.25) is 4.99 Å². The maximum atomic E-state index is 5.72. The normalized spacial score (nSPS) is 27.3. The summed E-state index contributed by atoms with van der Waals surface area (Å²) in [5.74, 6) is 0.662. The lowest BCUT2D eigenvalue weighted by Gasteiger charge is -2.36. The fourth-order valence-electron chi connectivity index (χ4n) is 3.17. The zero-order chi connectivity index (χ0) is 16.4. The first-order valence-electron chi connectivity index (χ1n) is 8.46. The molecule has 0 aromatic carbocycles. The summed E-state index contributed by atoms with van der Waals surface area (Å²) < 4.78 is 0. The molecule has 0 amide bonds. The van der Waals surface area contributed by atoms with E-state index in [-0.39, 0.29) is 0 Å². The van der Waals surface area contributed by atoms with E-state index in [1.807, 2.05) is 12.3 Å². The van der Waals surface area contributed by atoms with Gasteiger partial charge in [0, 0.05) is 24.5 Å². The van der Waals surface area contributed by atoms with Crippen LogP contribution in [0.5, 0.6) is 0 Å². The molecule has 124 valence electrons. The Morgan fingerprint density at radius 3 is 2.59 bits per heavy atom. The summed E-state index contributed by atoms with van der Waals surface area (Å²) in [7, 11) is 0. The molecular formula is C19H33N3. The van der Waals surface area contributed by atoms with Gasteiger partial charge < -0.3 is 11.5 Å². The van der Waals surface area contributed by atoms with Crippen molar-refractivity contribution in [2.24, 2.45) is 27.8 Å². The fraction of sp³-hybridized carbons (Fsp3) is 0.632. The van der Waals surface area contributed by atoms with E-state index < -0.39 is 0 Å². The minimum Gasteiger partial charge on any atom is -0.404 e. The predicted octanol–water partition coefficient (Wildman–Crippen LogP) is 3.97. The van der Waals surface area contributed by atoms with E-state index in [0.717, 1.165) is 12.0 Å². The van der Waals surface area contributed by atoms with E-state index in [1.165, 1.54) is 37.7 Å². The SMILES string of the molecule is C=CCCC1(C)CCC(/C=C(/C)C(=CN)/C=N\CCN)CC1. The number of nitrogens with two attached hydrogens (primary N) is 2. The highest BCUT2D eigenvalue weighted by molar-refractivity contribution is 5.84. The standard InChI is InChI=1S/C19H33N3/c1-4-5-8-19(3)9-6-17(7-10-19)13-16(2)18(14-21)15-22-12-11-20/h4,13-15,17H,1,5-12,20-21H2,2-3H3/b16-13-,18-14?,22-15-. The minimum atomic E-state index is 0.502. The average molecular weight is 303 g/mol. The van der Waals surface area contributed by atoms with E-state index in [2.05, 4.69) is 31.5 Å². The zero-order valence-electron chi connectivity index (χ0n) is 14.4. The molecular weight excluding hydrogens is 270 g/mol. The summed E-state index contributed by atoms with van der Waals surface area (Å²) in [6.07, 6.45) is 15.4. The van der Waals surface area contributed by atoms with Gasteiger partial charge >= 0.3 is 0 Å². The Hall–Kier alpha value is -1.35. The van der Waals surface area contributed by atoms with Crippen LogP contribution in [-0.2, 0) is 0 Å². The van der Waals surface area contributed by atoms with Gasteiger partial charge in [-0.1, -0.05) is 19.1 Å². The summed E-state index contributed by atoms with van der Waals surface area (Å²) in [6.45, 7) is 9.61. The van der Waals surface area contributed by atoms with Crippen LogP contribution in [-0.4, -0.2) is 19.3 Å². The zero-order valence-corrected chi connectivity index (χ0v) is 14.4. The lowest BCUT2D eigenvalue weighted by molar-refractivity contribution is 0.176. The van der Waals surface area contributed by atoms with Crippen molar-refractivity contribution in [3.05, 3.63) is 36.1 Å². The number of hydrogen-bond acceptors (Lipinski definition) is 3. The van der Waals surface area contributed by atoms with Gasteiger partial charge in [-0.2, -0.15) is 0 Å². The second-order valence-electron chi connectivity index (χ2n) is 6.77. The number of aliphatic imine (C=N–C) groups is 1. The summed E-state index contributed by atoms with van der Waals surface area (Å²) in [5.41, 5.74) is 13.9. The molecule has 0 radical (unpaired) electrons. The van der Waals surface area contributed by atoms with Crippen molar-refractivity contribution >= 4 is 6.21 Å². The molecule has 0 heterocycles. The van der Waals surface area contributed by atoms with Gasteiger partial charge in [0.15, 0.2) is 0 Å². The van der Waals surface area contributed by atoms with Crippen molar-refractivity contribution in [3.8, 4) is 0 Å². The summed E-state index contributed by atoms with van der Waals surface area (Å²) >= 11 is 0. The molecule has 1 rings (SSSR count). The van der Waals surface area contributed by atoms with E-state index in [0.29, 0.717) is 24.4 Å². The topological polar surface area (TPSA) is 64.4 Å². The van der Waals surface area contributed by atoms with E-state index >= 15 is 0 Å². The Kier molecular flexibility index (Phi) is 8.18. The maximum Gasteiger partial charge on any atom is 0.0512 e. The van der Waals surface area contributed by atoms with Crippen LogP contribution in [0.2, 0.25) is 0 Å². The number of hydrogen-bond donors (Lipinski definition) is 2. The summed E-state index contributed by atoms with van der Waals surface area (Å²) in [6, 6.07) is 0. The molecule has 0 unspecified atom stereocenters. The molecule has 0 aromatic heterocycles. The number of allylic oxidation sites excluding steroid dienone is 4. The van der Waals surface area contributed by atoms with Crippen molar-refractivity contribution in [2.45, 2.75) is 52.4 Å². The molecule has 22 heavy (non-hydrogen) atoms. The van der Waals surface area contributed by atoms with Crippen LogP contribution in [0.25, 0.3) is 0 Å². The third-order valence-electron chi connectivity index (χ3n) is 4.80. The largest absolute Gasteiger partial charge is 0.404 e. The van der Waals surface area contributed by atoms with Crippen LogP contribution in [0.4, 0.5) is 0 Å². The minimum absolute atomic E-state index is 0.502. The quantitative estimate of drug-likeness (QED) is 0.405. The molecule has 0 spiro atoms. The van der Waals surface area contributed by atoms with Gasteiger partial charge in [0.25, 0.3) is 0 Å². The van der Waals surface area contributed by atoms with Crippen LogP contribution in [0.15, 0.2) is 41.1 Å². The third kappa shape index (κ3) is 6.18. The molecule has 4 N–H and O–H groups in total.